The normalized spacial score (nSPS) is 13.8. The molecule has 2 heterocycles. The van der Waals surface area contributed by atoms with E-state index < -0.39 is 0 Å². The summed E-state index contributed by atoms with van der Waals surface area (Å²) in [5.41, 5.74) is 4.83. The SMILES string of the molecule is c1ccc(-c2nc(-c3ccccc3)c3c4c(sc3n2)CCCC4)cc1. The molecule has 3 heteroatoms. The van der Waals surface area contributed by atoms with Gasteiger partial charge in [-0.05, 0) is 31.2 Å². The highest BCUT2D eigenvalue weighted by molar-refractivity contribution is 7.19. The first-order valence-electron chi connectivity index (χ1n) is 8.83. The van der Waals surface area contributed by atoms with Crippen LogP contribution in [0.15, 0.2) is 60.7 Å². The van der Waals surface area contributed by atoms with Crippen LogP contribution in [0.4, 0.5) is 0 Å². The summed E-state index contributed by atoms with van der Waals surface area (Å²) in [7, 11) is 0. The smallest absolute Gasteiger partial charge is 0.161 e. The second kappa shape index (κ2) is 6.08. The minimum absolute atomic E-state index is 0.825. The van der Waals surface area contributed by atoms with Gasteiger partial charge in [0.1, 0.15) is 4.83 Å². The minimum Gasteiger partial charge on any atom is -0.227 e. The van der Waals surface area contributed by atoms with Gasteiger partial charge in [0.25, 0.3) is 0 Å². The van der Waals surface area contributed by atoms with E-state index in [9.17, 15) is 0 Å². The summed E-state index contributed by atoms with van der Waals surface area (Å²) in [4.78, 5) is 12.6. The third-order valence-corrected chi connectivity index (χ3v) is 6.08. The van der Waals surface area contributed by atoms with Crippen molar-refractivity contribution >= 4 is 21.6 Å². The molecule has 4 aromatic rings. The number of hydrogen-bond donors (Lipinski definition) is 0. The third-order valence-electron chi connectivity index (χ3n) is 4.89. The third kappa shape index (κ3) is 2.56. The number of fused-ring (bicyclic) bond motifs is 3. The average molecular weight is 342 g/mol. The first-order chi connectivity index (χ1) is 12.4. The van der Waals surface area contributed by atoms with Crippen LogP contribution in [-0.2, 0) is 12.8 Å². The van der Waals surface area contributed by atoms with Gasteiger partial charge >= 0.3 is 0 Å². The molecule has 2 aromatic carbocycles. The molecule has 0 saturated heterocycles. The Morgan fingerprint density at radius 1 is 0.720 bits per heavy atom. The molecule has 0 spiro atoms. The van der Waals surface area contributed by atoms with Crippen molar-refractivity contribution in [1.29, 1.82) is 0 Å². The molecular formula is C22H18N2S. The number of aryl methyl sites for hydroxylation is 2. The lowest BCUT2D eigenvalue weighted by atomic mass is 9.95. The van der Waals surface area contributed by atoms with E-state index in [1.807, 2.05) is 29.5 Å². The monoisotopic (exact) mass is 342 g/mol. The quantitative estimate of drug-likeness (QED) is 0.453. The van der Waals surface area contributed by atoms with E-state index in [2.05, 4.69) is 42.5 Å². The number of benzene rings is 2. The van der Waals surface area contributed by atoms with E-state index in [0.717, 1.165) is 28.3 Å². The van der Waals surface area contributed by atoms with E-state index >= 15 is 0 Å². The van der Waals surface area contributed by atoms with Gasteiger partial charge in [-0.15, -0.1) is 11.3 Å². The number of nitrogens with zero attached hydrogens (tertiary/aromatic N) is 2. The molecule has 2 aromatic heterocycles. The van der Waals surface area contributed by atoms with Crippen LogP contribution in [0.25, 0.3) is 32.9 Å². The Labute approximate surface area is 151 Å². The van der Waals surface area contributed by atoms with Gasteiger partial charge in [-0.3, -0.25) is 0 Å². The maximum atomic E-state index is 5.02. The van der Waals surface area contributed by atoms with Crippen LogP contribution < -0.4 is 0 Å². The van der Waals surface area contributed by atoms with Crippen molar-refractivity contribution < 1.29 is 0 Å². The molecule has 1 aliphatic rings. The van der Waals surface area contributed by atoms with Gasteiger partial charge in [0.05, 0.1) is 5.69 Å². The van der Waals surface area contributed by atoms with E-state index in [1.54, 1.807) is 0 Å². The highest BCUT2D eigenvalue weighted by Gasteiger charge is 2.22. The summed E-state index contributed by atoms with van der Waals surface area (Å²) in [6.07, 6.45) is 4.90. The largest absolute Gasteiger partial charge is 0.227 e. The van der Waals surface area contributed by atoms with Crippen molar-refractivity contribution in [3.8, 4) is 22.6 Å². The number of hydrogen-bond acceptors (Lipinski definition) is 3. The molecule has 122 valence electrons. The predicted octanol–water partition coefficient (Wildman–Crippen LogP) is 5.90. The standard InChI is InChI=1S/C22H18N2S/c1-3-9-15(10-4-1)20-19-17-13-7-8-14-18(17)25-22(19)24-21(23-20)16-11-5-2-6-12-16/h1-6,9-12H,7-8,13-14H2. The summed E-state index contributed by atoms with van der Waals surface area (Å²) in [5, 5.41) is 1.28. The van der Waals surface area contributed by atoms with Crippen molar-refractivity contribution in [2.24, 2.45) is 0 Å². The van der Waals surface area contributed by atoms with Gasteiger partial charge < -0.3 is 0 Å². The average Bonchev–Trinajstić information content (AvgIpc) is 3.07. The summed E-state index contributed by atoms with van der Waals surface area (Å²) in [6, 6.07) is 20.8. The summed E-state index contributed by atoms with van der Waals surface area (Å²) >= 11 is 1.87. The van der Waals surface area contributed by atoms with Crippen LogP contribution >= 0.6 is 11.3 Å². The molecule has 0 atom stereocenters. The highest BCUT2D eigenvalue weighted by atomic mass is 32.1. The second-order valence-electron chi connectivity index (χ2n) is 6.52. The maximum absolute atomic E-state index is 5.02. The van der Waals surface area contributed by atoms with Crippen LogP contribution in [0.2, 0.25) is 0 Å². The molecule has 0 N–H and O–H groups in total. The Kier molecular flexibility index (Phi) is 3.60. The zero-order valence-electron chi connectivity index (χ0n) is 13.9. The lowest BCUT2D eigenvalue weighted by Crippen LogP contribution is -2.00. The Hall–Kier alpha value is -2.52. The van der Waals surface area contributed by atoms with Crippen molar-refractivity contribution in [1.82, 2.24) is 9.97 Å². The van der Waals surface area contributed by atoms with E-state index in [0.29, 0.717) is 0 Å². The minimum atomic E-state index is 0.825. The Morgan fingerprint density at radius 3 is 2.16 bits per heavy atom. The van der Waals surface area contributed by atoms with Crippen LogP contribution in [-0.4, -0.2) is 9.97 Å². The maximum Gasteiger partial charge on any atom is 0.161 e. The lowest BCUT2D eigenvalue weighted by Gasteiger charge is -2.12. The van der Waals surface area contributed by atoms with Crippen LogP contribution in [0.3, 0.4) is 0 Å². The summed E-state index contributed by atoms with van der Waals surface area (Å²) in [6.45, 7) is 0. The van der Waals surface area contributed by atoms with Crippen LogP contribution in [0, 0.1) is 0 Å². The molecule has 1 aliphatic carbocycles. The van der Waals surface area contributed by atoms with Crippen LogP contribution in [0.1, 0.15) is 23.3 Å². The number of rotatable bonds is 2. The van der Waals surface area contributed by atoms with E-state index in [1.165, 1.54) is 40.7 Å². The summed E-state index contributed by atoms with van der Waals surface area (Å²) < 4.78 is 0. The predicted molar refractivity (Wildman–Crippen MR) is 105 cm³/mol. The molecule has 25 heavy (non-hydrogen) atoms. The van der Waals surface area contributed by atoms with Gasteiger partial charge in [-0.1, -0.05) is 60.7 Å². The fourth-order valence-electron chi connectivity index (χ4n) is 3.68. The molecule has 0 unspecified atom stereocenters. The first-order valence-corrected chi connectivity index (χ1v) is 9.65. The van der Waals surface area contributed by atoms with Crippen LogP contribution in [0.5, 0.6) is 0 Å². The number of aromatic nitrogens is 2. The van der Waals surface area contributed by atoms with Crippen molar-refractivity contribution in [3.63, 3.8) is 0 Å². The van der Waals surface area contributed by atoms with E-state index in [-0.39, 0.29) is 0 Å². The Bertz CT molecular complexity index is 1040. The summed E-state index contributed by atoms with van der Waals surface area (Å²) in [5.74, 6) is 0.825. The zero-order valence-corrected chi connectivity index (χ0v) is 14.7. The van der Waals surface area contributed by atoms with E-state index in [4.69, 9.17) is 9.97 Å². The van der Waals surface area contributed by atoms with Gasteiger partial charge in [0, 0.05) is 21.4 Å². The van der Waals surface area contributed by atoms with Crippen molar-refractivity contribution in [2.75, 3.05) is 0 Å². The lowest BCUT2D eigenvalue weighted by molar-refractivity contribution is 0.700. The number of thiophene rings is 1. The van der Waals surface area contributed by atoms with Gasteiger partial charge in [0.2, 0.25) is 0 Å². The molecule has 0 bridgehead atoms. The van der Waals surface area contributed by atoms with Gasteiger partial charge in [-0.25, -0.2) is 9.97 Å². The van der Waals surface area contributed by atoms with Gasteiger partial charge in [0.15, 0.2) is 5.82 Å². The topological polar surface area (TPSA) is 25.8 Å². The molecule has 2 nitrogen and oxygen atoms in total. The fourth-order valence-corrected chi connectivity index (χ4v) is 4.94. The first kappa shape index (κ1) is 14.8. The Balaban J connectivity index is 1.83. The van der Waals surface area contributed by atoms with Gasteiger partial charge in [-0.2, -0.15) is 0 Å². The molecule has 0 aliphatic heterocycles. The van der Waals surface area contributed by atoms with Crippen molar-refractivity contribution in [3.05, 3.63) is 71.1 Å². The molecular weight excluding hydrogens is 324 g/mol. The molecule has 0 saturated carbocycles. The second-order valence-corrected chi connectivity index (χ2v) is 7.60. The molecule has 0 amide bonds. The fraction of sp³-hybridized carbons (Fsp3) is 0.182. The molecule has 0 fully saturated rings. The van der Waals surface area contributed by atoms with Crippen molar-refractivity contribution in [2.45, 2.75) is 25.7 Å². The molecule has 5 rings (SSSR count). The zero-order chi connectivity index (χ0) is 16.6. The molecule has 0 radical (unpaired) electrons. The highest BCUT2D eigenvalue weighted by Crippen LogP contribution is 2.40. The Morgan fingerprint density at radius 2 is 1.40 bits per heavy atom.